The second-order valence-electron chi connectivity index (χ2n) is 3.81. The van der Waals surface area contributed by atoms with Crippen LogP contribution in [0.25, 0.3) is 0 Å². The Bertz CT molecular complexity index is 494. The van der Waals surface area contributed by atoms with Crippen LogP contribution >= 0.6 is 0 Å². The van der Waals surface area contributed by atoms with Gasteiger partial charge in [0, 0.05) is 12.2 Å². The van der Waals surface area contributed by atoms with E-state index in [-0.39, 0.29) is 4.90 Å². The number of hydrogen-bond donors (Lipinski definition) is 2. The second kappa shape index (κ2) is 3.50. The van der Waals surface area contributed by atoms with E-state index in [1.165, 1.54) is 0 Å². The molecule has 1 aliphatic heterocycles. The third kappa shape index (κ3) is 1.85. The molecule has 0 radical (unpaired) electrons. The summed E-state index contributed by atoms with van der Waals surface area (Å²) in [5, 5.41) is 8.40. The van der Waals surface area contributed by atoms with Crippen molar-refractivity contribution < 1.29 is 8.42 Å². The van der Waals surface area contributed by atoms with Crippen molar-refractivity contribution in [2.45, 2.75) is 24.7 Å². The lowest BCUT2D eigenvalue weighted by molar-refractivity contribution is 0.596. The number of primary sulfonamides is 1. The number of hydrogen-bond acceptors (Lipinski definition) is 3. The smallest absolute Gasteiger partial charge is 0.238 e. The lowest BCUT2D eigenvalue weighted by Gasteiger charge is -2.22. The van der Waals surface area contributed by atoms with Crippen LogP contribution in [0.2, 0.25) is 0 Å². The molecule has 0 aliphatic carbocycles. The molecule has 1 aromatic rings. The molecular weight excluding hydrogens is 212 g/mol. The highest BCUT2D eigenvalue weighted by atomic mass is 32.2. The van der Waals surface area contributed by atoms with Crippen LogP contribution in [0.15, 0.2) is 17.0 Å². The highest BCUT2D eigenvalue weighted by Crippen LogP contribution is 2.30. The molecule has 5 heteroatoms. The van der Waals surface area contributed by atoms with Crippen LogP contribution in [0, 0.1) is 6.92 Å². The summed E-state index contributed by atoms with van der Waals surface area (Å²) in [6, 6.07) is 3.38. The van der Waals surface area contributed by atoms with Gasteiger partial charge in [-0.2, -0.15) is 0 Å². The molecule has 1 aliphatic rings. The molecule has 0 amide bonds. The molecule has 0 fully saturated rings. The Morgan fingerprint density at radius 1 is 1.40 bits per heavy atom. The Labute approximate surface area is 89.5 Å². The van der Waals surface area contributed by atoms with Gasteiger partial charge in [-0.25, -0.2) is 13.6 Å². The Morgan fingerprint density at radius 3 is 2.80 bits per heavy atom. The van der Waals surface area contributed by atoms with Crippen molar-refractivity contribution in [3.8, 4) is 0 Å². The van der Waals surface area contributed by atoms with Gasteiger partial charge in [-0.1, -0.05) is 6.07 Å². The number of rotatable bonds is 1. The van der Waals surface area contributed by atoms with Crippen LogP contribution in [0.4, 0.5) is 5.69 Å². The predicted octanol–water partition coefficient (Wildman–Crippen LogP) is 1.00. The van der Waals surface area contributed by atoms with Crippen molar-refractivity contribution in [1.29, 1.82) is 0 Å². The minimum absolute atomic E-state index is 0.260. The maximum atomic E-state index is 11.4. The second-order valence-corrected chi connectivity index (χ2v) is 5.34. The molecular formula is C10H14N2O2S. The zero-order valence-electron chi connectivity index (χ0n) is 8.58. The first-order valence-electron chi connectivity index (χ1n) is 4.89. The van der Waals surface area contributed by atoms with Gasteiger partial charge in [-0.05, 0) is 37.0 Å². The van der Waals surface area contributed by atoms with Gasteiger partial charge >= 0.3 is 0 Å². The summed E-state index contributed by atoms with van der Waals surface area (Å²) < 4.78 is 22.7. The number of nitrogens with one attached hydrogen (secondary N) is 1. The SMILES string of the molecule is Cc1ccc(S(N)(=O)=O)c2c1NCCC2. The fraction of sp³-hybridized carbons (Fsp3) is 0.400. The van der Waals surface area contributed by atoms with Crippen molar-refractivity contribution in [1.82, 2.24) is 0 Å². The number of nitrogens with two attached hydrogens (primary N) is 1. The van der Waals surface area contributed by atoms with Crippen LogP contribution in [0.1, 0.15) is 17.5 Å². The van der Waals surface area contributed by atoms with E-state index in [1.54, 1.807) is 12.1 Å². The number of benzene rings is 1. The molecule has 3 N–H and O–H groups in total. The van der Waals surface area contributed by atoms with E-state index in [0.717, 1.165) is 36.2 Å². The number of fused-ring (bicyclic) bond motifs is 1. The molecule has 0 atom stereocenters. The first-order valence-corrected chi connectivity index (χ1v) is 6.44. The van der Waals surface area contributed by atoms with Gasteiger partial charge in [0.05, 0.1) is 4.90 Å². The summed E-state index contributed by atoms with van der Waals surface area (Å²) in [6.45, 7) is 2.85. The molecule has 1 heterocycles. The topological polar surface area (TPSA) is 72.2 Å². The van der Waals surface area contributed by atoms with Crippen LogP contribution in [0.5, 0.6) is 0 Å². The minimum Gasteiger partial charge on any atom is -0.385 e. The van der Waals surface area contributed by atoms with Gasteiger partial charge in [0.15, 0.2) is 0 Å². The van der Waals surface area contributed by atoms with Gasteiger partial charge in [0.2, 0.25) is 10.0 Å². The molecule has 15 heavy (non-hydrogen) atoms. The van der Waals surface area contributed by atoms with Crippen molar-refractivity contribution in [2.75, 3.05) is 11.9 Å². The fourth-order valence-electron chi connectivity index (χ4n) is 1.99. The maximum absolute atomic E-state index is 11.4. The molecule has 4 nitrogen and oxygen atoms in total. The first-order chi connectivity index (χ1) is 7.00. The lowest BCUT2D eigenvalue weighted by Crippen LogP contribution is -2.20. The van der Waals surface area contributed by atoms with Crippen LogP contribution in [0.3, 0.4) is 0 Å². The third-order valence-electron chi connectivity index (χ3n) is 2.69. The maximum Gasteiger partial charge on any atom is 0.238 e. The van der Waals surface area contributed by atoms with E-state index in [4.69, 9.17) is 5.14 Å². The van der Waals surface area contributed by atoms with Crippen LogP contribution < -0.4 is 10.5 Å². The summed E-state index contributed by atoms with van der Waals surface area (Å²) in [6.07, 6.45) is 1.72. The zero-order valence-corrected chi connectivity index (χ0v) is 9.39. The molecule has 2 rings (SSSR count). The highest BCUT2D eigenvalue weighted by Gasteiger charge is 2.20. The molecule has 0 unspecified atom stereocenters. The lowest BCUT2D eigenvalue weighted by atomic mass is 10.0. The monoisotopic (exact) mass is 226 g/mol. The molecule has 0 aromatic heterocycles. The van der Waals surface area contributed by atoms with E-state index in [9.17, 15) is 8.42 Å². The number of aryl methyl sites for hydroxylation is 1. The van der Waals surface area contributed by atoms with Crippen molar-refractivity contribution in [2.24, 2.45) is 5.14 Å². The van der Waals surface area contributed by atoms with Gasteiger partial charge in [0.25, 0.3) is 0 Å². The van der Waals surface area contributed by atoms with Gasteiger partial charge < -0.3 is 5.32 Å². The molecule has 82 valence electrons. The summed E-state index contributed by atoms with van der Waals surface area (Å²) in [4.78, 5) is 0.260. The Morgan fingerprint density at radius 2 is 2.13 bits per heavy atom. The molecule has 0 bridgehead atoms. The Balaban J connectivity index is 2.69. The van der Waals surface area contributed by atoms with Gasteiger partial charge in [-0.15, -0.1) is 0 Å². The molecule has 0 saturated carbocycles. The summed E-state index contributed by atoms with van der Waals surface area (Å²) in [7, 11) is -3.60. The quantitative estimate of drug-likeness (QED) is 0.750. The summed E-state index contributed by atoms with van der Waals surface area (Å²) in [5.41, 5.74) is 2.84. The average molecular weight is 226 g/mol. The normalized spacial score (nSPS) is 15.6. The molecule has 0 spiro atoms. The highest BCUT2D eigenvalue weighted by molar-refractivity contribution is 7.89. The van der Waals surface area contributed by atoms with Crippen molar-refractivity contribution in [3.63, 3.8) is 0 Å². The van der Waals surface area contributed by atoms with Crippen LogP contribution in [-0.4, -0.2) is 15.0 Å². The van der Waals surface area contributed by atoms with E-state index >= 15 is 0 Å². The van der Waals surface area contributed by atoms with Crippen molar-refractivity contribution in [3.05, 3.63) is 23.3 Å². The van der Waals surface area contributed by atoms with Gasteiger partial charge in [-0.3, -0.25) is 0 Å². The standard InChI is InChI=1S/C10H14N2O2S/c1-7-4-5-9(15(11,13)14)8-3-2-6-12-10(7)8/h4-5,12H,2-3,6H2,1H3,(H2,11,13,14). The molecule has 1 aromatic carbocycles. The Kier molecular flexibility index (Phi) is 2.44. The number of sulfonamides is 1. The third-order valence-corrected chi connectivity index (χ3v) is 3.69. The van der Waals surface area contributed by atoms with Gasteiger partial charge in [0.1, 0.15) is 0 Å². The van der Waals surface area contributed by atoms with E-state index in [1.807, 2.05) is 6.92 Å². The van der Waals surface area contributed by atoms with E-state index < -0.39 is 10.0 Å². The first kappa shape index (κ1) is 10.4. The summed E-state index contributed by atoms with van der Waals surface area (Å²) >= 11 is 0. The van der Waals surface area contributed by atoms with Crippen molar-refractivity contribution >= 4 is 15.7 Å². The predicted molar refractivity (Wildman–Crippen MR) is 59.4 cm³/mol. The average Bonchev–Trinajstić information content (AvgIpc) is 2.17. The van der Waals surface area contributed by atoms with Crippen LogP contribution in [-0.2, 0) is 16.4 Å². The molecule has 0 saturated heterocycles. The zero-order chi connectivity index (χ0) is 11.1. The summed E-state index contributed by atoms with van der Waals surface area (Å²) in [5.74, 6) is 0. The fourth-order valence-corrected chi connectivity index (χ4v) is 2.79. The van der Waals surface area contributed by atoms with E-state index in [0.29, 0.717) is 0 Å². The largest absolute Gasteiger partial charge is 0.385 e. The Hall–Kier alpha value is -1.07. The van der Waals surface area contributed by atoms with E-state index in [2.05, 4.69) is 5.32 Å². The minimum atomic E-state index is -3.60. The number of anilines is 1.